The molecule has 0 bridgehead atoms. The van der Waals surface area contributed by atoms with Crippen molar-refractivity contribution in [3.8, 4) is 0 Å². The van der Waals surface area contributed by atoms with Gasteiger partial charge in [0.15, 0.2) is 0 Å². The molecule has 3 N–H and O–H groups in total. The Morgan fingerprint density at radius 2 is 1.88 bits per heavy atom. The van der Waals surface area contributed by atoms with Gasteiger partial charge in [-0.3, -0.25) is 4.79 Å². The molecule has 2 aliphatic rings. The van der Waals surface area contributed by atoms with Crippen molar-refractivity contribution < 1.29 is 14.3 Å². The number of rotatable bonds is 4. The maximum Gasteiger partial charge on any atom is 0.317 e. The first-order chi connectivity index (χ1) is 12.0. The molecule has 2 fully saturated rings. The van der Waals surface area contributed by atoms with Gasteiger partial charge in [0.25, 0.3) is 0 Å². The summed E-state index contributed by atoms with van der Waals surface area (Å²) in [4.78, 5) is 27.5. The Labute approximate surface area is 148 Å². The minimum atomic E-state index is -0.331. The summed E-state index contributed by atoms with van der Waals surface area (Å²) >= 11 is 0. The van der Waals surface area contributed by atoms with Crippen LogP contribution in [0, 0.1) is 5.92 Å². The smallest absolute Gasteiger partial charge is 0.317 e. The fourth-order valence-electron chi connectivity index (χ4n) is 3.33. The van der Waals surface area contributed by atoms with E-state index in [0.717, 1.165) is 31.9 Å². The molecule has 0 aliphatic carbocycles. The van der Waals surface area contributed by atoms with Crippen LogP contribution in [-0.4, -0.2) is 56.2 Å². The second kappa shape index (κ2) is 7.74. The lowest BCUT2D eigenvalue weighted by Gasteiger charge is -2.29. The number of hydrogen-bond acceptors (Lipinski definition) is 4. The molecule has 0 unspecified atom stereocenters. The number of nitrogens with two attached hydrogens (primary N) is 1. The molecule has 3 amide bonds. The lowest BCUT2D eigenvalue weighted by Crippen LogP contribution is -2.40. The Morgan fingerprint density at radius 3 is 2.48 bits per heavy atom. The number of amides is 3. The molecule has 7 nitrogen and oxygen atoms in total. The number of ether oxygens (including phenoxy) is 1. The molecule has 0 aromatic heterocycles. The van der Waals surface area contributed by atoms with Crippen LogP contribution in [0.2, 0.25) is 0 Å². The molecule has 1 aromatic carbocycles. The summed E-state index contributed by atoms with van der Waals surface area (Å²) in [5.41, 5.74) is 7.55. The highest BCUT2D eigenvalue weighted by atomic mass is 16.5. The van der Waals surface area contributed by atoms with Gasteiger partial charge >= 0.3 is 6.03 Å². The Kier molecular flexibility index (Phi) is 5.43. The topological polar surface area (TPSA) is 87.9 Å². The van der Waals surface area contributed by atoms with Crippen LogP contribution in [0.25, 0.3) is 0 Å². The Bertz CT molecular complexity index is 613. The average molecular weight is 346 g/mol. The van der Waals surface area contributed by atoms with Crippen LogP contribution in [0.5, 0.6) is 0 Å². The van der Waals surface area contributed by atoms with Crippen LogP contribution in [0.4, 0.5) is 10.5 Å². The number of hydrogen-bond donors (Lipinski definition) is 2. The van der Waals surface area contributed by atoms with E-state index in [4.69, 9.17) is 10.5 Å². The monoisotopic (exact) mass is 346 g/mol. The van der Waals surface area contributed by atoms with Gasteiger partial charge in [0.2, 0.25) is 5.91 Å². The van der Waals surface area contributed by atoms with Crippen LogP contribution in [0.15, 0.2) is 24.3 Å². The van der Waals surface area contributed by atoms with Crippen molar-refractivity contribution in [3.63, 3.8) is 0 Å². The normalized spacial score (nSPS) is 21.9. The van der Waals surface area contributed by atoms with Gasteiger partial charge in [0, 0.05) is 31.9 Å². The Hall–Kier alpha value is -2.28. The molecule has 3 rings (SSSR count). The molecule has 1 aromatic rings. The molecule has 7 heteroatoms. The molecule has 2 saturated heterocycles. The number of primary amides is 1. The van der Waals surface area contributed by atoms with E-state index in [1.165, 1.54) is 5.69 Å². The maximum atomic E-state index is 12.4. The van der Waals surface area contributed by atoms with Gasteiger partial charge in [-0.15, -0.1) is 0 Å². The molecule has 0 saturated carbocycles. The highest BCUT2D eigenvalue weighted by molar-refractivity contribution is 5.80. The minimum Gasteiger partial charge on any atom is -0.378 e. The first-order valence-electron chi connectivity index (χ1n) is 8.82. The summed E-state index contributed by atoms with van der Waals surface area (Å²) in [5.74, 6) is -0.559. The number of carbonyl (C=O) groups excluding carboxylic acids is 2. The van der Waals surface area contributed by atoms with Crippen molar-refractivity contribution in [2.45, 2.75) is 19.4 Å². The van der Waals surface area contributed by atoms with E-state index in [2.05, 4.69) is 22.3 Å². The van der Waals surface area contributed by atoms with Crippen LogP contribution >= 0.6 is 0 Å². The highest BCUT2D eigenvalue weighted by Crippen LogP contribution is 2.21. The number of nitrogens with zero attached hydrogens (tertiary/aromatic N) is 2. The molecule has 25 heavy (non-hydrogen) atoms. The summed E-state index contributed by atoms with van der Waals surface area (Å²) < 4.78 is 5.38. The van der Waals surface area contributed by atoms with Crippen molar-refractivity contribution >= 4 is 17.6 Å². The van der Waals surface area contributed by atoms with Crippen molar-refractivity contribution in [3.05, 3.63) is 29.8 Å². The van der Waals surface area contributed by atoms with Crippen LogP contribution < -0.4 is 16.0 Å². The third kappa shape index (κ3) is 4.22. The van der Waals surface area contributed by atoms with E-state index in [9.17, 15) is 9.59 Å². The molecular formula is C18H26N4O3. The number of morpholine rings is 1. The number of likely N-dealkylation sites (tertiary alicyclic amines) is 1. The first kappa shape index (κ1) is 17.5. The summed E-state index contributed by atoms with van der Waals surface area (Å²) in [5, 5.41) is 3.00. The molecule has 136 valence electrons. The number of anilines is 1. The van der Waals surface area contributed by atoms with E-state index >= 15 is 0 Å². The standard InChI is InChI=1S/C18H26N4O3/c1-13(20-18(24)22-7-6-15(12-22)17(19)23)14-2-4-16(5-3-14)21-8-10-25-11-9-21/h2-5,13,15H,6-12H2,1H3,(H2,19,23)(H,20,24)/t13-,15-/m1/s1. The molecule has 0 spiro atoms. The van der Waals surface area contributed by atoms with Crippen LogP contribution in [-0.2, 0) is 9.53 Å². The van der Waals surface area contributed by atoms with Gasteiger partial charge in [0.1, 0.15) is 0 Å². The van der Waals surface area contributed by atoms with E-state index in [-0.39, 0.29) is 23.9 Å². The molecular weight excluding hydrogens is 320 g/mol. The van der Waals surface area contributed by atoms with Crippen molar-refractivity contribution in [2.24, 2.45) is 11.7 Å². The lowest BCUT2D eigenvalue weighted by atomic mass is 10.1. The largest absolute Gasteiger partial charge is 0.378 e. The van der Waals surface area contributed by atoms with E-state index in [0.29, 0.717) is 19.5 Å². The highest BCUT2D eigenvalue weighted by Gasteiger charge is 2.30. The second-order valence-electron chi connectivity index (χ2n) is 6.70. The molecule has 0 radical (unpaired) electrons. The van der Waals surface area contributed by atoms with Crippen LogP contribution in [0.1, 0.15) is 24.9 Å². The van der Waals surface area contributed by atoms with E-state index in [1.54, 1.807) is 4.90 Å². The summed E-state index contributed by atoms with van der Waals surface area (Å²) in [7, 11) is 0. The Morgan fingerprint density at radius 1 is 1.20 bits per heavy atom. The van der Waals surface area contributed by atoms with E-state index < -0.39 is 0 Å². The van der Waals surface area contributed by atoms with Gasteiger partial charge in [-0.05, 0) is 31.0 Å². The van der Waals surface area contributed by atoms with Gasteiger partial charge in [-0.25, -0.2) is 4.79 Å². The van der Waals surface area contributed by atoms with Gasteiger partial charge < -0.3 is 25.6 Å². The SMILES string of the molecule is C[C@@H](NC(=O)N1CC[C@@H](C(N)=O)C1)c1ccc(N2CCOCC2)cc1. The molecule has 2 heterocycles. The molecule has 2 atom stereocenters. The lowest BCUT2D eigenvalue weighted by molar-refractivity contribution is -0.121. The zero-order chi connectivity index (χ0) is 17.8. The number of benzene rings is 1. The summed E-state index contributed by atoms with van der Waals surface area (Å²) in [6.45, 7) is 6.27. The third-order valence-corrected chi connectivity index (χ3v) is 4.99. The van der Waals surface area contributed by atoms with Gasteiger partial charge in [-0.1, -0.05) is 12.1 Å². The Balaban J connectivity index is 1.55. The van der Waals surface area contributed by atoms with Crippen molar-refractivity contribution in [1.82, 2.24) is 10.2 Å². The van der Waals surface area contributed by atoms with Crippen molar-refractivity contribution in [2.75, 3.05) is 44.3 Å². The first-order valence-corrected chi connectivity index (χ1v) is 8.82. The zero-order valence-electron chi connectivity index (χ0n) is 14.6. The number of nitrogens with one attached hydrogen (secondary N) is 1. The van der Waals surface area contributed by atoms with Crippen molar-refractivity contribution in [1.29, 1.82) is 0 Å². The predicted octanol–water partition coefficient (Wildman–Crippen LogP) is 1.10. The second-order valence-corrected chi connectivity index (χ2v) is 6.70. The quantitative estimate of drug-likeness (QED) is 0.855. The minimum absolute atomic E-state index is 0.0983. The predicted molar refractivity (Wildman–Crippen MR) is 95.3 cm³/mol. The van der Waals surface area contributed by atoms with E-state index in [1.807, 2.05) is 19.1 Å². The number of carbonyl (C=O) groups is 2. The fourth-order valence-corrected chi connectivity index (χ4v) is 3.33. The number of urea groups is 1. The third-order valence-electron chi connectivity index (χ3n) is 4.99. The zero-order valence-corrected chi connectivity index (χ0v) is 14.6. The van der Waals surface area contributed by atoms with Crippen LogP contribution in [0.3, 0.4) is 0 Å². The molecule has 2 aliphatic heterocycles. The average Bonchev–Trinajstić information content (AvgIpc) is 3.13. The fraction of sp³-hybridized carbons (Fsp3) is 0.556. The maximum absolute atomic E-state index is 12.4. The van der Waals surface area contributed by atoms with Gasteiger partial charge in [-0.2, -0.15) is 0 Å². The summed E-state index contributed by atoms with van der Waals surface area (Å²) in [6, 6.07) is 8.02. The summed E-state index contributed by atoms with van der Waals surface area (Å²) in [6.07, 6.45) is 0.644. The van der Waals surface area contributed by atoms with Gasteiger partial charge in [0.05, 0.1) is 25.2 Å².